The molecule has 0 aliphatic rings. The molecule has 0 heterocycles. The Labute approximate surface area is 133 Å². The van der Waals surface area contributed by atoms with Crippen LogP contribution in [0.1, 0.15) is 25.3 Å². The summed E-state index contributed by atoms with van der Waals surface area (Å²) in [4.78, 5) is 16.6. The third-order valence-electron chi connectivity index (χ3n) is 2.61. The van der Waals surface area contributed by atoms with Gasteiger partial charge in [-0.2, -0.15) is 0 Å². The van der Waals surface area contributed by atoms with E-state index in [1.54, 1.807) is 0 Å². The number of rotatable bonds is 10. The minimum atomic E-state index is -2.18. The van der Waals surface area contributed by atoms with Gasteiger partial charge in [-0.15, -0.1) is 0 Å². The molecular formula is C14H22N2O5S. The lowest BCUT2D eigenvalue weighted by molar-refractivity contribution is -0.0851. The number of ether oxygens (including phenoxy) is 1. The molecular weight excluding hydrogens is 308 g/mol. The zero-order valence-electron chi connectivity index (χ0n) is 12.6. The summed E-state index contributed by atoms with van der Waals surface area (Å²) < 4.78 is 26.0. The van der Waals surface area contributed by atoms with E-state index >= 15 is 0 Å². The van der Waals surface area contributed by atoms with E-state index in [2.05, 4.69) is 5.32 Å². The third-order valence-corrected chi connectivity index (χ3v) is 3.25. The van der Waals surface area contributed by atoms with Crippen LogP contribution in [0.2, 0.25) is 0 Å². The third kappa shape index (κ3) is 8.08. The van der Waals surface area contributed by atoms with Crippen molar-refractivity contribution in [3.8, 4) is 0 Å². The van der Waals surface area contributed by atoms with E-state index in [9.17, 15) is 9.00 Å². The normalized spacial score (nSPS) is 12.1. The van der Waals surface area contributed by atoms with E-state index in [0.29, 0.717) is 19.6 Å². The fraction of sp³-hybridized carbons (Fsp3) is 0.500. The molecule has 8 heteroatoms. The van der Waals surface area contributed by atoms with Crippen LogP contribution in [-0.2, 0) is 27.4 Å². The average Bonchev–Trinajstić information content (AvgIpc) is 2.53. The lowest BCUT2D eigenvalue weighted by Gasteiger charge is -2.16. The lowest BCUT2D eigenvalue weighted by atomic mass is 10.2. The van der Waals surface area contributed by atoms with Crippen molar-refractivity contribution < 1.29 is 23.1 Å². The first-order valence-corrected chi connectivity index (χ1v) is 8.15. The number of nitrogens with one attached hydrogen (secondary N) is 1. The standard InChI is InChI=1S/C14H22N2O5S/c1-2-11-21-16(22(18)19)10-6-9-15-14(17)20-12-13-7-4-3-5-8-13/h3-5,7-8H,2,6,9-12H2,1H3,(H,15,17)(H,18,19). The maximum absolute atomic E-state index is 11.5. The summed E-state index contributed by atoms with van der Waals surface area (Å²) in [7, 11) is 0. The molecule has 0 saturated carbocycles. The van der Waals surface area contributed by atoms with Crippen LogP contribution in [0.5, 0.6) is 0 Å². The fourth-order valence-electron chi connectivity index (χ4n) is 1.55. The van der Waals surface area contributed by atoms with Gasteiger partial charge < -0.3 is 10.1 Å². The minimum Gasteiger partial charge on any atom is -0.445 e. The molecule has 7 nitrogen and oxygen atoms in total. The molecule has 1 rings (SSSR count). The molecule has 1 aromatic rings. The zero-order chi connectivity index (χ0) is 16.2. The van der Waals surface area contributed by atoms with Gasteiger partial charge in [-0.3, -0.25) is 9.39 Å². The predicted molar refractivity (Wildman–Crippen MR) is 83.0 cm³/mol. The first kappa shape index (κ1) is 18.6. The second-order valence-electron chi connectivity index (χ2n) is 4.46. The monoisotopic (exact) mass is 330 g/mol. The Morgan fingerprint density at radius 3 is 2.73 bits per heavy atom. The Balaban J connectivity index is 2.14. The number of hydrogen-bond acceptors (Lipinski definition) is 4. The van der Waals surface area contributed by atoms with Crippen molar-refractivity contribution in [1.29, 1.82) is 0 Å². The van der Waals surface area contributed by atoms with Crippen LogP contribution in [0.25, 0.3) is 0 Å². The topological polar surface area (TPSA) is 88.1 Å². The molecule has 0 aromatic heterocycles. The predicted octanol–water partition coefficient (Wildman–Crippen LogP) is 2.08. The van der Waals surface area contributed by atoms with Crippen molar-refractivity contribution in [1.82, 2.24) is 9.79 Å². The largest absolute Gasteiger partial charge is 0.445 e. The van der Waals surface area contributed by atoms with Crippen LogP contribution in [-0.4, -0.2) is 39.0 Å². The van der Waals surface area contributed by atoms with E-state index in [1.165, 1.54) is 0 Å². The summed E-state index contributed by atoms with van der Waals surface area (Å²) in [6, 6.07) is 9.37. The summed E-state index contributed by atoms with van der Waals surface area (Å²) in [6.45, 7) is 3.06. The number of hydroxylamine groups is 1. The summed E-state index contributed by atoms with van der Waals surface area (Å²) in [5.41, 5.74) is 0.910. The van der Waals surface area contributed by atoms with Gasteiger partial charge in [0.2, 0.25) is 0 Å². The Morgan fingerprint density at radius 1 is 1.36 bits per heavy atom. The van der Waals surface area contributed by atoms with Crippen molar-refractivity contribution >= 4 is 17.4 Å². The molecule has 0 radical (unpaired) electrons. The van der Waals surface area contributed by atoms with Gasteiger partial charge in [0, 0.05) is 13.1 Å². The lowest BCUT2D eigenvalue weighted by Crippen LogP contribution is -2.31. The van der Waals surface area contributed by atoms with Gasteiger partial charge in [0.25, 0.3) is 11.3 Å². The number of nitrogens with zero attached hydrogens (tertiary/aromatic N) is 1. The van der Waals surface area contributed by atoms with E-state index in [-0.39, 0.29) is 13.2 Å². The minimum absolute atomic E-state index is 0.207. The summed E-state index contributed by atoms with van der Waals surface area (Å²) >= 11 is -2.18. The van der Waals surface area contributed by atoms with Gasteiger partial charge in [-0.05, 0) is 18.4 Å². The first-order chi connectivity index (χ1) is 10.6. The van der Waals surface area contributed by atoms with Crippen LogP contribution in [0.4, 0.5) is 4.79 Å². The van der Waals surface area contributed by atoms with E-state index in [4.69, 9.17) is 14.1 Å². The van der Waals surface area contributed by atoms with Crippen LogP contribution >= 0.6 is 0 Å². The molecule has 0 fully saturated rings. The highest BCUT2D eigenvalue weighted by Gasteiger charge is 2.11. The average molecular weight is 330 g/mol. The molecule has 2 N–H and O–H groups in total. The van der Waals surface area contributed by atoms with E-state index in [0.717, 1.165) is 16.5 Å². The maximum Gasteiger partial charge on any atom is 0.407 e. The molecule has 0 bridgehead atoms. The van der Waals surface area contributed by atoms with Gasteiger partial charge in [0.15, 0.2) is 0 Å². The number of alkyl carbamates (subject to hydrolysis) is 1. The number of carbonyl (C=O) groups is 1. The van der Waals surface area contributed by atoms with Crippen molar-refractivity contribution in [2.45, 2.75) is 26.4 Å². The van der Waals surface area contributed by atoms with Crippen LogP contribution in [0.15, 0.2) is 30.3 Å². The quantitative estimate of drug-likeness (QED) is 0.389. The van der Waals surface area contributed by atoms with Crippen LogP contribution < -0.4 is 5.32 Å². The molecule has 124 valence electrons. The molecule has 0 saturated heterocycles. The SMILES string of the molecule is CCCON(CCCNC(=O)OCc1ccccc1)S(=O)O. The summed E-state index contributed by atoms with van der Waals surface area (Å²) in [5.74, 6) is 0. The zero-order valence-corrected chi connectivity index (χ0v) is 13.4. The Kier molecular flexibility index (Phi) is 9.40. The van der Waals surface area contributed by atoms with Crippen LogP contribution in [0.3, 0.4) is 0 Å². The molecule has 1 amide bonds. The van der Waals surface area contributed by atoms with Crippen molar-refractivity contribution in [3.05, 3.63) is 35.9 Å². The highest BCUT2D eigenvalue weighted by molar-refractivity contribution is 7.76. The Hall–Kier alpha value is -1.48. The van der Waals surface area contributed by atoms with Gasteiger partial charge >= 0.3 is 6.09 Å². The molecule has 22 heavy (non-hydrogen) atoms. The van der Waals surface area contributed by atoms with Crippen molar-refractivity contribution in [2.75, 3.05) is 19.7 Å². The Bertz CT molecular complexity index is 458. The van der Waals surface area contributed by atoms with Crippen molar-refractivity contribution in [3.63, 3.8) is 0 Å². The maximum atomic E-state index is 11.5. The Morgan fingerprint density at radius 2 is 2.09 bits per heavy atom. The molecule has 1 atom stereocenters. The van der Waals surface area contributed by atoms with Gasteiger partial charge in [0.05, 0.1) is 6.61 Å². The van der Waals surface area contributed by atoms with Gasteiger partial charge in [-0.1, -0.05) is 41.7 Å². The van der Waals surface area contributed by atoms with Gasteiger partial charge in [-0.25, -0.2) is 9.00 Å². The molecule has 0 aliphatic carbocycles. The number of amides is 1. The molecule has 1 aromatic carbocycles. The highest BCUT2D eigenvalue weighted by Crippen LogP contribution is 2.01. The first-order valence-electron chi connectivity index (χ1n) is 7.09. The molecule has 0 spiro atoms. The number of hydrogen-bond donors (Lipinski definition) is 2. The second-order valence-corrected chi connectivity index (χ2v) is 5.33. The summed E-state index contributed by atoms with van der Waals surface area (Å²) in [5, 5.41) is 2.58. The van der Waals surface area contributed by atoms with E-state index < -0.39 is 17.4 Å². The molecule has 1 unspecified atom stereocenters. The smallest absolute Gasteiger partial charge is 0.407 e. The highest BCUT2D eigenvalue weighted by atomic mass is 32.2. The molecule has 0 aliphatic heterocycles. The van der Waals surface area contributed by atoms with Crippen molar-refractivity contribution in [2.24, 2.45) is 0 Å². The number of carbonyl (C=O) groups excluding carboxylic acids is 1. The fourth-order valence-corrected chi connectivity index (χ4v) is 2.00. The second kappa shape index (κ2) is 11.1. The van der Waals surface area contributed by atoms with E-state index in [1.807, 2.05) is 37.3 Å². The number of benzene rings is 1. The van der Waals surface area contributed by atoms with Crippen LogP contribution in [0, 0.1) is 0 Å². The summed E-state index contributed by atoms with van der Waals surface area (Å²) in [6.07, 6.45) is 0.698. The van der Waals surface area contributed by atoms with Gasteiger partial charge in [0.1, 0.15) is 6.61 Å².